The quantitative estimate of drug-likeness (QED) is 0.534. The number of pyridine rings is 1. The highest BCUT2D eigenvalue weighted by atomic mass is 16.2. The Morgan fingerprint density at radius 2 is 1.84 bits per heavy atom. The largest absolute Gasteiger partial charge is 0.326 e. The van der Waals surface area contributed by atoms with E-state index in [0.29, 0.717) is 24.3 Å². The molecule has 2 aromatic carbocycles. The minimum atomic E-state index is -0.651. The number of benzene rings is 2. The molecule has 1 spiro atoms. The number of aryl methyl sites for hydroxylation is 1. The summed E-state index contributed by atoms with van der Waals surface area (Å²) in [7, 11) is 0. The molecule has 3 aromatic rings. The summed E-state index contributed by atoms with van der Waals surface area (Å²) in [5, 5.41) is 5.94. The molecule has 6 rings (SSSR count). The highest BCUT2D eigenvalue weighted by Gasteiger charge is 2.51. The van der Waals surface area contributed by atoms with Crippen molar-refractivity contribution in [2.24, 2.45) is 5.41 Å². The van der Waals surface area contributed by atoms with Crippen LogP contribution in [0.15, 0.2) is 60.8 Å². The van der Waals surface area contributed by atoms with Gasteiger partial charge in [0.05, 0.1) is 11.5 Å². The van der Waals surface area contributed by atoms with Gasteiger partial charge in [0.15, 0.2) is 0 Å². The second-order valence-corrected chi connectivity index (χ2v) is 11.6. The Hall–Kier alpha value is -4.00. The lowest BCUT2D eigenvalue weighted by Gasteiger charge is -2.43. The molecule has 2 N–H and O–H groups in total. The van der Waals surface area contributed by atoms with Crippen molar-refractivity contribution in [3.8, 4) is 0 Å². The molecule has 3 aliphatic rings. The van der Waals surface area contributed by atoms with Crippen LogP contribution in [0.25, 0.3) is 0 Å². The summed E-state index contributed by atoms with van der Waals surface area (Å²) < 4.78 is 0. The molecule has 2 aliphatic heterocycles. The van der Waals surface area contributed by atoms with E-state index in [4.69, 9.17) is 0 Å². The molecule has 3 amide bonds. The van der Waals surface area contributed by atoms with Gasteiger partial charge in [0.1, 0.15) is 12.4 Å². The maximum Gasteiger partial charge on any atom is 0.244 e. The number of nitrogens with zero attached hydrogens (tertiary/aromatic N) is 2. The first-order valence-corrected chi connectivity index (χ1v) is 13.2. The van der Waals surface area contributed by atoms with Crippen molar-refractivity contribution in [2.75, 3.05) is 17.2 Å². The Morgan fingerprint density at radius 1 is 1.08 bits per heavy atom. The first-order chi connectivity index (χ1) is 18.2. The molecule has 0 saturated carbocycles. The predicted octanol–water partition coefficient (Wildman–Crippen LogP) is 4.71. The standard InChI is InChI=1S/C31H32N4O3/c1-19-6-8-20(9-7-19)25-12-13-30(2,3)29(38)35(25)18-26(36)33-23-11-10-21-16-31(17-22(21)15-23)24-5-4-14-32-27(24)34-28(31)37/h4-11,14-15,25H,12-13,16-18H2,1-3H3,(H,33,36)(H,32,34,37)/t25-,31?/m0/s1. The molecule has 3 heterocycles. The fourth-order valence-electron chi connectivity index (χ4n) is 6.31. The van der Waals surface area contributed by atoms with E-state index in [0.717, 1.165) is 40.7 Å². The third-order valence-corrected chi connectivity index (χ3v) is 8.50. The number of anilines is 2. The molecular formula is C31H32N4O3. The number of nitrogens with one attached hydrogen (secondary N) is 2. The summed E-state index contributed by atoms with van der Waals surface area (Å²) in [6, 6.07) is 17.7. The van der Waals surface area contributed by atoms with Gasteiger partial charge in [-0.3, -0.25) is 14.4 Å². The van der Waals surface area contributed by atoms with Crippen LogP contribution in [-0.4, -0.2) is 34.2 Å². The molecule has 1 unspecified atom stereocenters. The topological polar surface area (TPSA) is 91.4 Å². The molecule has 194 valence electrons. The molecule has 0 bridgehead atoms. The predicted molar refractivity (Wildman–Crippen MR) is 146 cm³/mol. The third-order valence-electron chi connectivity index (χ3n) is 8.50. The lowest BCUT2D eigenvalue weighted by atomic mass is 9.78. The summed E-state index contributed by atoms with van der Waals surface area (Å²) in [6.07, 6.45) is 4.45. The molecule has 7 heteroatoms. The zero-order valence-electron chi connectivity index (χ0n) is 22.0. The van der Waals surface area contributed by atoms with E-state index < -0.39 is 10.8 Å². The van der Waals surface area contributed by atoms with Crippen molar-refractivity contribution in [3.63, 3.8) is 0 Å². The van der Waals surface area contributed by atoms with Gasteiger partial charge in [-0.05, 0) is 67.5 Å². The average Bonchev–Trinajstić information content (AvgIpc) is 3.40. The zero-order valence-corrected chi connectivity index (χ0v) is 22.0. The van der Waals surface area contributed by atoms with Crippen molar-refractivity contribution in [3.05, 3.63) is 88.6 Å². The number of carbonyl (C=O) groups excluding carboxylic acids is 3. The Labute approximate surface area is 222 Å². The Balaban J connectivity index is 1.20. The highest BCUT2D eigenvalue weighted by Crippen LogP contribution is 2.47. The minimum Gasteiger partial charge on any atom is -0.326 e. The molecule has 1 fully saturated rings. The van der Waals surface area contributed by atoms with Crippen LogP contribution in [0, 0.1) is 12.3 Å². The van der Waals surface area contributed by atoms with E-state index >= 15 is 0 Å². The molecule has 0 radical (unpaired) electrons. The maximum absolute atomic E-state index is 13.4. The molecule has 2 atom stereocenters. The van der Waals surface area contributed by atoms with Crippen molar-refractivity contribution in [1.82, 2.24) is 9.88 Å². The molecule has 7 nitrogen and oxygen atoms in total. The minimum absolute atomic E-state index is 0.000101. The SMILES string of the molecule is Cc1ccc([C@@H]2CCC(C)(C)C(=O)N2CC(=O)Nc2ccc3c(c2)CC2(C3)C(=O)Nc3ncccc32)cc1. The Kier molecular flexibility index (Phi) is 5.63. The maximum atomic E-state index is 13.4. The number of aromatic nitrogens is 1. The van der Waals surface area contributed by atoms with Crippen molar-refractivity contribution >= 4 is 29.2 Å². The van der Waals surface area contributed by atoms with Crippen molar-refractivity contribution < 1.29 is 14.4 Å². The van der Waals surface area contributed by atoms with Gasteiger partial charge < -0.3 is 15.5 Å². The third kappa shape index (κ3) is 3.97. The van der Waals surface area contributed by atoms with Gasteiger partial charge in [-0.25, -0.2) is 4.98 Å². The van der Waals surface area contributed by atoms with E-state index in [1.165, 1.54) is 0 Å². The first-order valence-electron chi connectivity index (χ1n) is 13.2. The lowest BCUT2D eigenvalue weighted by molar-refractivity contribution is -0.150. The number of fused-ring (bicyclic) bond motifs is 3. The Morgan fingerprint density at radius 3 is 2.63 bits per heavy atom. The molecule has 1 aliphatic carbocycles. The summed E-state index contributed by atoms with van der Waals surface area (Å²) >= 11 is 0. The summed E-state index contributed by atoms with van der Waals surface area (Å²) in [4.78, 5) is 45.7. The fourth-order valence-corrected chi connectivity index (χ4v) is 6.31. The van der Waals surface area contributed by atoms with E-state index in [9.17, 15) is 14.4 Å². The van der Waals surface area contributed by atoms with Crippen LogP contribution >= 0.6 is 0 Å². The van der Waals surface area contributed by atoms with E-state index in [-0.39, 0.29) is 30.3 Å². The van der Waals surface area contributed by atoms with Crippen molar-refractivity contribution in [1.29, 1.82) is 0 Å². The monoisotopic (exact) mass is 508 g/mol. The second-order valence-electron chi connectivity index (χ2n) is 11.6. The second kappa shape index (κ2) is 8.79. The number of hydrogen-bond donors (Lipinski definition) is 2. The van der Waals surface area contributed by atoms with Crippen LogP contribution in [-0.2, 0) is 32.6 Å². The van der Waals surface area contributed by atoms with Crippen LogP contribution in [0.2, 0.25) is 0 Å². The van der Waals surface area contributed by atoms with Gasteiger partial charge in [-0.2, -0.15) is 0 Å². The fraction of sp³-hybridized carbons (Fsp3) is 0.355. The van der Waals surface area contributed by atoms with Crippen LogP contribution in [0.3, 0.4) is 0 Å². The van der Waals surface area contributed by atoms with Crippen LogP contribution in [0.1, 0.15) is 60.5 Å². The summed E-state index contributed by atoms with van der Waals surface area (Å²) in [5.41, 5.74) is 4.81. The first kappa shape index (κ1) is 24.3. The summed E-state index contributed by atoms with van der Waals surface area (Å²) in [6.45, 7) is 5.93. The smallest absolute Gasteiger partial charge is 0.244 e. The van der Waals surface area contributed by atoms with Gasteiger partial charge in [-0.1, -0.05) is 55.8 Å². The van der Waals surface area contributed by atoms with Gasteiger partial charge in [-0.15, -0.1) is 0 Å². The Bertz CT molecular complexity index is 1460. The summed E-state index contributed by atoms with van der Waals surface area (Å²) in [5.74, 6) is 0.381. The molecule has 1 aromatic heterocycles. The molecular weight excluding hydrogens is 476 g/mol. The van der Waals surface area contributed by atoms with Crippen LogP contribution in [0.4, 0.5) is 11.5 Å². The number of carbonyl (C=O) groups is 3. The van der Waals surface area contributed by atoms with Crippen LogP contribution < -0.4 is 10.6 Å². The van der Waals surface area contributed by atoms with E-state index in [1.54, 1.807) is 11.1 Å². The van der Waals surface area contributed by atoms with E-state index in [2.05, 4.69) is 27.8 Å². The van der Waals surface area contributed by atoms with Gasteiger partial charge >= 0.3 is 0 Å². The van der Waals surface area contributed by atoms with E-state index in [1.807, 2.05) is 63.2 Å². The van der Waals surface area contributed by atoms with Crippen LogP contribution in [0.5, 0.6) is 0 Å². The highest BCUT2D eigenvalue weighted by molar-refractivity contribution is 6.06. The number of amides is 3. The number of hydrogen-bond acceptors (Lipinski definition) is 4. The van der Waals surface area contributed by atoms with Crippen molar-refractivity contribution in [2.45, 2.75) is 57.9 Å². The van der Waals surface area contributed by atoms with Gasteiger partial charge in [0, 0.05) is 22.9 Å². The van der Waals surface area contributed by atoms with Gasteiger partial charge in [0.25, 0.3) is 0 Å². The number of rotatable bonds is 4. The van der Waals surface area contributed by atoms with Gasteiger partial charge in [0.2, 0.25) is 17.7 Å². The average molecular weight is 509 g/mol. The zero-order chi connectivity index (χ0) is 26.7. The molecule has 1 saturated heterocycles. The normalized spacial score (nSPS) is 23.2. The number of piperidine rings is 1. The molecule has 38 heavy (non-hydrogen) atoms. The lowest BCUT2D eigenvalue weighted by Crippen LogP contribution is -2.50. The number of likely N-dealkylation sites (tertiary alicyclic amines) is 1.